The van der Waals surface area contributed by atoms with Gasteiger partial charge in [0.15, 0.2) is 17.4 Å². The Balaban J connectivity index is 1.55. The van der Waals surface area contributed by atoms with Gasteiger partial charge in [-0.25, -0.2) is 9.55 Å². The van der Waals surface area contributed by atoms with Gasteiger partial charge < -0.3 is 20.9 Å². The van der Waals surface area contributed by atoms with Crippen LogP contribution in [-0.2, 0) is 22.9 Å². The van der Waals surface area contributed by atoms with E-state index in [-0.39, 0.29) is 17.9 Å². The Bertz CT molecular complexity index is 1060. The maximum absolute atomic E-state index is 13.0. The van der Waals surface area contributed by atoms with Gasteiger partial charge in [-0.15, -0.1) is 0 Å². The lowest BCUT2D eigenvalue weighted by Gasteiger charge is -2.36. The number of hydrogen-bond donors (Lipinski definition) is 2. The van der Waals surface area contributed by atoms with Crippen LogP contribution in [0.2, 0.25) is 0 Å². The molecule has 3 unspecified atom stereocenters. The van der Waals surface area contributed by atoms with Gasteiger partial charge in [0.1, 0.15) is 17.8 Å². The predicted octanol–water partition coefficient (Wildman–Crippen LogP) is 1.51. The van der Waals surface area contributed by atoms with Crippen molar-refractivity contribution in [3.63, 3.8) is 0 Å². The molecular formula is C17H25N6O6P. The Morgan fingerprint density at radius 2 is 2.17 bits per heavy atom. The summed E-state index contributed by atoms with van der Waals surface area (Å²) in [5, 5.41) is 0. The number of imidazole rings is 1. The molecule has 0 bridgehead atoms. The van der Waals surface area contributed by atoms with Gasteiger partial charge in [-0.2, -0.15) is 9.97 Å². The summed E-state index contributed by atoms with van der Waals surface area (Å²) in [5.41, 5.74) is 11.6. The molecular weight excluding hydrogens is 415 g/mol. The number of aromatic nitrogens is 4. The van der Waals surface area contributed by atoms with Crippen LogP contribution in [-0.4, -0.2) is 55.6 Å². The molecule has 164 valence electrons. The molecule has 30 heavy (non-hydrogen) atoms. The molecule has 0 aromatic carbocycles. The van der Waals surface area contributed by atoms with Crippen LogP contribution >= 0.6 is 7.82 Å². The van der Waals surface area contributed by atoms with E-state index in [1.807, 2.05) is 6.92 Å². The molecule has 12 nitrogen and oxygen atoms in total. The van der Waals surface area contributed by atoms with E-state index >= 15 is 0 Å². The fraction of sp³-hybridized carbons (Fsp3) is 0.706. The van der Waals surface area contributed by atoms with Gasteiger partial charge >= 0.3 is 7.82 Å². The van der Waals surface area contributed by atoms with Crippen LogP contribution in [0.5, 0.6) is 5.88 Å². The summed E-state index contributed by atoms with van der Waals surface area (Å²) in [6, 6.07) is 0. The molecule has 2 aliphatic heterocycles. The maximum atomic E-state index is 13.0. The van der Waals surface area contributed by atoms with E-state index in [1.54, 1.807) is 31.7 Å². The number of hydrogen-bond acceptors (Lipinski definition) is 11. The van der Waals surface area contributed by atoms with Crippen molar-refractivity contribution in [1.29, 1.82) is 0 Å². The van der Waals surface area contributed by atoms with Gasteiger partial charge in [-0.1, -0.05) is 0 Å². The normalized spacial score (nSPS) is 39.9. The lowest BCUT2D eigenvalue weighted by Crippen LogP contribution is -2.54. The van der Waals surface area contributed by atoms with Crippen LogP contribution in [0.3, 0.4) is 0 Å². The number of nitrogens with two attached hydrogens (primary N) is 2. The maximum Gasteiger partial charge on any atom is 0.475 e. The Morgan fingerprint density at radius 3 is 2.87 bits per heavy atom. The van der Waals surface area contributed by atoms with E-state index in [9.17, 15) is 4.57 Å². The predicted molar refractivity (Wildman–Crippen MR) is 105 cm³/mol. The quantitative estimate of drug-likeness (QED) is 0.649. The SMILES string of the molecule is CCOc1nc(N)nc2c1ncn2[C@@H]1OC23CC2OP(=O)(OC(C)C)O[C@H]3[C@@]1(C)N. The summed E-state index contributed by atoms with van der Waals surface area (Å²) in [6.07, 6.45) is -0.147. The number of rotatable bonds is 5. The molecule has 2 aromatic rings. The molecule has 13 heteroatoms. The summed E-state index contributed by atoms with van der Waals surface area (Å²) in [7, 11) is -3.77. The second-order valence-electron chi connectivity index (χ2n) is 8.32. The Hall–Kier alpha value is -1.82. The van der Waals surface area contributed by atoms with Crippen molar-refractivity contribution in [3.05, 3.63) is 6.33 Å². The number of nitrogens with zero attached hydrogens (tertiary/aromatic N) is 4. The zero-order chi connectivity index (χ0) is 21.5. The van der Waals surface area contributed by atoms with Crippen molar-refractivity contribution in [3.8, 4) is 5.88 Å². The topological polar surface area (TPSA) is 159 Å². The van der Waals surface area contributed by atoms with Crippen LogP contribution in [0.4, 0.5) is 5.95 Å². The first-order chi connectivity index (χ1) is 14.1. The highest BCUT2D eigenvalue weighted by Gasteiger charge is 2.79. The van der Waals surface area contributed by atoms with Crippen LogP contribution in [0, 0.1) is 0 Å². The summed E-state index contributed by atoms with van der Waals surface area (Å²) < 4.78 is 43.5. The van der Waals surface area contributed by atoms with Gasteiger partial charge in [0.25, 0.3) is 0 Å². The van der Waals surface area contributed by atoms with Gasteiger partial charge in [-0.05, 0) is 27.7 Å². The second-order valence-corrected chi connectivity index (χ2v) is 9.85. The minimum absolute atomic E-state index is 0.0405. The van der Waals surface area contributed by atoms with Crippen LogP contribution < -0.4 is 16.2 Å². The fourth-order valence-corrected chi connectivity index (χ4v) is 6.20. The molecule has 4 N–H and O–H groups in total. The smallest absolute Gasteiger partial charge is 0.475 e. The van der Waals surface area contributed by atoms with Crippen LogP contribution in [0.25, 0.3) is 11.2 Å². The summed E-state index contributed by atoms with van der Waals surface area (Å²) in [5.74, 6) is 0.323. The van der Waals surface area contributed by atoms with Gasteiger partial charge in [0.05, 0.1) is 24.6 Å². The van der Waals surface area contributed by atoms with Gasteiger partial charge in [-0.3, -0.25) is 18.1 Å². The minimum Gasteiger partial charge on any atom is -0.476 e. The van der Waals surface area contributed by atoms with Crippen molar-refractivity contribution in [2.75, 3.05) is 12.3 Å². The molecule has 5 rings (SSSR count). The average molecular weight is 440 g/mol. The lowest BCUT2D eigenvalue weighted by atomic mass is 9.92. The summed E-state index contributed by atoms with van der Waals surface area (Å²) in [6.45, 7) is 7.53. The number of fused-ring (bicyclic) bond motifs is 1. The van der Waals surface area contributed by atoms with E-state index < -0.39 is 37.4 Å². The van der Waals surface area contributed by atoms with Gasteiger partial charge in [0, 0.05) is 6.42 Å². The molecule has 0 amide bonds. The third-order valence-corrected chi connectivity index (χ3v) is 7.19. The fourth-order valence-electron chi connectivity index (χ4n) is 4.30. The highest BCUT2D eigenvalue weighted by molar-refractivity contribution is 7.48. The molecule has 0 radical (unpaired) electrons. The lowest BCUT2D eigenvalue weighted by molar-refractivity contribution is -0.0830. The third-order valence-electron chi connectivity index (χ3n) is 5.53. The monoisotopic (exact) mass is 440 g/mol. The molecule has 2 aromatic heterocycles. The zero-order valence-electron chi connectivity index (χ0n) is 17.1. The first kappa shape index (κ1) is 20.1. The van der Waals surface area contributed by atoms with Crippen molar-refractivity contribution in [2.24, 2.45) is 5.73 Å². The highest BCUT2D eigenvalue weighted by atomic mass is 31.2. The van der Waals surface area contributed by atoms with Crippen molar-refractivity contribution in [2.45, 2.75) is 69.8 Å². The van der Waals surface area contributed by atoms with E-state index in [4.69, 9.17) is 34.5 Å². The largest absolute Gasteiger partial charge is 0.476 e. The zero-order valence-corrected chi connectivity index (χ0v) is 18.0. The van der Waals surface area contributed by atoms with Crippen molar-refractivity contribution < 1.29 is 27.6 Å². The van der Waals surface area contributed by atoms with Gasteiger partial charge in [0.2, 0.25) is 11.8 Å². The highest BCUT2D eigenvalue weighted by Crippen LogP contribution is 2.71. The molecule has 1 aliphatic carbocycles. The second kappa shape index (κ2) is 6.35. The molecule has 3 fully saturated rings. The van der Waals surface area contributed by atoms with E-state index in [0.717, 1.165) is 0 Å². The molecule has 1 spiro atoms. The first-order valence-electron chi connectivity index (χ1n) is 9.84. The molecule has 6 atom stereocenters. The summed E-state index contributed by atoms with van der Waals surface area (Å²) >= 11 is 0. The van der Waals surface area contributed by atoms with Crippen molar-refractivity contribution in [1.82, 2.24) is 19.5 Å². The Kier molecular flexibility index (Phi) is 4.25. The Labute approximate surface area is 172 Å². The number of ether oxygens (including phenoxy) is 2. The van der Waals surface area contributed by atoms with Crippen LogP contribution in [0.15, 0.2) is 6.33 Å². The van der Waals surface area contributed by atoms with E-state index in [0.29, 0.717) is 24.2 Å². The average Bonchev–Trinajstić information content (AvgIpc) is 3.08. The third kappa shape index (κ3) is 2.79. The minimum atomic E-state index is -3.77. The molecule has 1 saturated carbocycles. The molecule has 2 saturated heterocycles. The number of phosphoric acid groups is 1. The number of anilines is 1. The standard InChI is InChI=1S/C17H25N6O6P/c1-5-25-12-10-11(21-15(18)22-12)23(7-20-10)14-16(4,19)13-17(26-14)6-9(17)28-30(24,29-13)27-8(2)3/h7-9,13-14H,5-6,19H2,1-4H3,(H2,18,21,22)/t9?,13-,14+,16+,17?,30?/m0/s1. The van der Waals surface area contributed by atoms with Crippen LogP contribution in [0.1, 0.15) is 40.3 Å². The summed E-state index contributed by atoms with van der Waals surface area (Å²) in [4.78, 5) is 12.8. The Morgan fingerprint density at radius 1 is 1.40 bits per heavy atom. The van der Waals surface area contributed by atoms with Crippen molar-refractivity contribution >= 4 is 24.9 Å². The number of nitrogen functional groups attached to an aromatic ring is 1. The number of phosphoric ester groups is 1. The first-order valence-corrected chi connectivity index (χ1v) is 11.3. The molecule has 3 aliphatic rings. The van der Waals surface area contributed by atoms with E-state index in [2.05, 4.69) is 15.0 Å². The molecule has 4 heterocycles. The van der Waals surface area contributed by atoms with E-state index in [1.165, 1.54) is 0 Å².